The molecule has 2 aromatic rings. The summed E-state index contributed by atoms with van der Waals surface area (Å²) in [4.78, 5) is 15.7. The summed E-state index contributed by atoms with van der Waals surface area (Å²) in [5.74, 6) is 1.35. The summed E-state index contributed by atoms with van der Waals surface area (Å²) in [5.41, 5.74) is 3.64. The molecule has 0 unspecified atom stereocenters. The van der Waals surface area contributed by atoms with E-state index in [0.717, 1.165) is 55.2 Å². The van der Waals surface area contributed by atoms with Crippen LogP contribution in [0.25, 0.3) is 0 Å². The average molecular weight is 583 g/mol. The van der Waals surface area contributed by atoms with Crippen LogP contribution >= 0.6 is 11.6 Å². The van der Waals surface area contributed by atoms with E-state index in [1.165, 1.54) is 24.0 Å². The van der Waals surface area contributed by atoms with Crippen molar-refractivity contribution < 1.29 is 17.9 Å². The summed E-state index contributed by atoms with van der Waals surface area (Å²) in [6.45, 7) is 4.09. The van der Waals surface area contributed by atoms with Gasteiger partial charge < -0.3 is 9.64 Å². The molecular formula is C32H39ClN2O4S. The van der Waals surface area contributed by atoms with Crippen molar-refractivity contribution in [3.05, 3.63) is 70.3 Å². The van der Waals surface area contributed by atoms with Crippen molar-refractivity contribution in [2.45, 2.75) is 75.4 Å². The standard InChI is InChI=1S/C32H39ClN2O4S/c1-2-27-9-5-3-4-7-22-10-11-25(22)19-35-20-32(16-6-8-23-17-26(33)13-14-28(23)32)21-39-30-15-12-24(18-29(30)35)31(36)34-40(27,37)38/h3-4,12-15,17-18,22,25,27H,2,5-11,16,19-21H2,1H3,(H,34,36)/b4-3-/t22-,25+,27-,32+/m1/s1. The van der Waals surface area contributed by atoms with Crippen molar-refractivity contribution >= 4 is 33.2 Å². The van der Waals surface area contributed by atoms with Crippen LogP contribution in [0.15, 0.2) is 48.6 Å². The third kappa shape index (κ3) is 5.27. The lowest BCUT2D eigenvalue weighted by Crippen LogP contribution is -2.48. The number of fused-ring (bicyclic) bond motifs is 4. The molecule has 1 N–H and O–H groups in total. The lowest BCUT2D eigenvalue weighted by Gasteiger charge is -2.44. The molecule has 1 saturated carbocycles. The van der Waals surface area contributed by atoms with Crippen LogP contribution in [0.4, 0.5) is 5.69 Å². The van der Waals surface area contributed by atoms with Gasteiger partial charge in [0.1, 0.15) is 5.75 Å². The minimum absolute atomic E-state index is 0.183. The number of allylic oxidation sites excluding steroid dienone is 2. The molecule has 2 heterocycles. The Labute approximate surface area is 243 Å². The van der Waals surface area contributed by atoms with Crippen molar-refractivity contribution in [2.24, 2.45) is 11.8 Å². The Hall–Kier alpha value is -2.51. The van der Waals surface area contributed by atoms with Crippen LogP contribution in [0.5, 0.6) is 5.75 Å². The van der Waals surface area contributed by atoms with Crippen LogP contribution in [-0.4, -0.2) is 39.3 Å². The number of halogens is 1. The second kappa shape index (κ2) is 11.1. The number of anilines is 1. The first kappa shape index (κ1) is 27.6. The Bertz CT molecular complexity index is 1420. The SMILES string of the molecule is CC[C@@H]1CC/C=C\C[C@@H]2CC[C@H]2CN2C[C@@]3(CCCc4cc(Cl)ccc43)COc3ccc(cc32)C(=O)NS1(=O)=O. The molecule has 4 atom stereocenters. The third-order valence-electron chi connectivity index (χ3n) is 9.72. The highest BCUT2D eigenvalue weighted by atomic mass is 35.5. The van der Waals surface area contributed by atoms with Gasteiger partial charge in [0.15, 0.2) is 0 Å². The average Bonchev–Trinajstić information content (AvgIpc) is 3.06. The van der Waals surface area contributed by atoms with E-state index in [2.05, 4.69) is 33.9 Å². The molecule has 2 aromatic carbocycles. The first-order chi connectivity index (χ1) is 19.3. The van der Waals surface area contributed by atoms with E-state index < -0.39 is 21.2 Å². The first-order valence-corrected chi connectivity index (χ1v) is 16.7. The van der Waals surface area contributed by atoms with Gasteiger partial charge in [-0.15, -0.1) is 0 Å². The molecule has 2 aliphatic carbocycles. The molecule has 0 radical (unpaired) electrons. The van der Waals surface area contributed by atoms with Gasteiger partial charge in [0.25, 0.3) is 5.91 Å². The molecule has 1 amide bonds. The van der Waals surface area contributed by atoms with Crippen molar-refractivity contribution in [3.63, 3.8) is 0 Å². The highest BCUT2D eigenvalue weighted by molar-refractivity contribution is 7.90. The van der Waals surface area contributed by atoms with Crippen LogP contribution in [0.1, 0.15) is 79.8 Å². The molecule has 1 spiro atoms. The van der Waals surface area contributed by atoms with Gasteiger partial charge in [-0.1, -0.05) is 36.7 Å². The predicted octanol–water partition coefficient (Wildman–Crippen LogP) is 6.42. The summed E-state index contributed by atoms with van der Waals surface area (Å²) in [5, 5.41) is 0.158. The van der Waals surface area contributed by atoms with Gasteiger partial charge in [0.05, 0.1) is 17.5 Å². The van der Waals surface area contributed by atoms with Crippen molar-refractivity contribution in [1.29, 1.82) is 0 Å². The zero-order valence-corrected chi connectivity index (χ0v) is 24.8. The van der Waals surface area contributed by atoms with Crippen LogP contribution < -0.4 is 14.4 Å². The number of aryl methyl sites for hydroxylation is 1. The van der Waals surface area contributed by atoms with Crippen LogP contribution in [0, 0.1) is 11.8 Å². The lowest BCUT2D eigenvalue weighted by atomic mass is 9.69. The minimum Gasteiger partial charge on any atom is -0.490 e. The summed E-state index contributed by atoms with van der Waals surface area (Å²) in [7, 11) is -3.80. The zero-order valence-electron chi connectivity index (χ0n) is 23.2. The number of hydrogen-bond donors (Lipinski definition) is 1. The number of nitrogens with one attached hydrogen (secondary N) is 1. The molecule has 2 bridgehead atoms. The maximum absolute atomic E-state index is 13.3. The van der Waals surface area contributed by atoms with E-state index in [1.807, 2.05) is 25.1 Å². The second-order valence-electron chi connectivity index (χ2n) is 12.2. The quantitative estimate of drug-likeness (QED) is 0.393. The van der Waals surface area contributed by atoms with Crippen LogP contribution in [0.2, 0.25) is 5.02 Å². The highest BCUT2D eigenvalue weighted by Gasteiger charge is 2.43. The normalized spacial score (nSPS) is 30.6. The summed E-state index contributed by atoms with van der Waals surface area (Å²) < 4.78 is 35.2. The van der Waals surface area contributed by atoms with E-state index in [0.29, 0.717) is 43.3 Å². The fraction of sp³-hybridized carbons (Fsp3) is 0.531. The number of ether oxygens (including phenoxy) is 1. The molecule has 2 aliphatic heterocycles. The molecule has 214 valence electrons. The summed E-state index contributed by atoms with van der Waals surface area (Å²) in [6.07, 6.45) is 12.6. The van der Waals surface area contributed by atoms with Gasteiger partial charge in [0, 0.05) is 29.1 Å². The van der Waals surface area contributed by atoms with Crippen molar-refractivity contribution in [2.75, 3.05) is 24.6 Å². The smallest absolute Gasteiger partial charge is 0.264 e. The van der Waals surface area contributed by atoms with E-state index in [-0.39, 0.29) is 5.41 Å². The number of carbonyl (C=O) groups excluding carboxylic acids is 1. The fourth-order valence-corrected chi connectivity index (χ4v) is 8.87. The Balaban J connectivity index is 1.40. The van der Waals surface area contributed by atoms with E-state index in [1.54, 1.807) is 6.07 Å². The molecule has 1 fully saturated rings. The largest absolute Gasteiger partial charge is 0.490 e. The van der Waals surface area contributed by atoms with Gasteiger partial charge >= 0.3 is 0 Å². The maximum atomic E-state index is 13.3. The fourth-order valence-electron chi connectivity index (χ4n) is 7.25. The molecule has 8 heteroatoms. The van der Waals surface area contributed by atoms with Crippen molar-refractivity contribution in [3.8, 4) is 5.75 Å². The number of amides is 1. The molecule has 6 nitrogen and oxygen atoms in total. The number of rotatable bonds is 1. The third-order valence-corrected chi connectivity index (χ3v) is 11.9. The Morgan fingerprint density at radius 3 is 2.75 bits per heavy atom. The van der Waals surface area contributed by atoms with Gasteiger partial charge in [0.2, 0.25) is 10.0 Å². The first-order valence-electron chi connectivity index (χ1n) is 14.8. The number of sulfonamides is 1. The predicted molar refractivity (Wildman–Crippen MR) is 160 cm³/mol. The number of nitrogens with zero attached hydrogens (tertiary/aromatic N) is 1. The Morgan fingerprint density at radius 1 is 1.10 bits per heavy atom. The monoisotopic (exact) mass is 582 g/mol. The molecule has 4 aliphatic rings. The van der Waals surface area contributed by atoms with E-state index in [4.69, 9.17) is 16.3 Å². The van der Waals surface area contributed by atoms with E-state index in [9.17, 15) is 13.2 Å². The Morgan fingerprint density at radius 2 is 1.95 bits per heavy atom. The van der Waals surface area contributed by atoms with Crippen LogP contribution in [-0.2, 0) is 21.9 Å². The molecule has 6 rings (SSSR count). The minimum atomic E-state index is -3.80. The molecule has 0 saturated heterocycles. The summed E-state index contributed by atoms with van der Waals surface area (Å²) >= 11 is 6.39. The number of benzene rings is 2. The molecule has 0 aromatic heterocycles. The van der Waals surface area contributed by atoms with E-state index >= 15 is 0 Å². The van der Waals surface area contributed by atoms with Gasteiger partial charge in [-0.3, -0.25) is 4.79 Å². The topological polar surface area (TPSA) is 75.7 Å². The van der Waals surface area contributed by atoms with Gasteiger partial charge in [-0.05, 0) is 111 Å². The van der Waals surface area contributed by atoms with Crippen LogP contribution in [0.3, 0.4) is 0 Å². The zero-order chi connectivity index (χ0) is 27.9. The van der Waals surface area contributed by atoms with Gasteiger partial charge in [-0.2, -0.15) is 0 Å². The number of hydrogen-bond acceptors (Lipinski definition) is 5. The van der Waals surface area contributed by atoms with Gasteiger partial charge in [-0.25, -0.2) is 13.1 Å². The lowest BCUT2D eigenvalue weighted by molar-refractivity contribution is 0.0981. The molecular weight excluding hydrogens is 544 g/mol. The Kier molecular flexibility index (Phi) is 7.64. The highest BCUT2D eigenvalue weighted by Crippen LogP contribution is 2.46. The maximum Gasteiger partial charge on any atom is 0.264 e. The van der Waals surface area contributed by atoms with Crippen molar-refractivity contribution in [1.82, 2.24) is 4.72 Å². The molecule has 40 heavy (non-hydrogen) atoms. The number of carbonyl (C=O) groups is 1. The second-order valence-corrected chi connectivity index (χ2v) is 14.6. The summed E-state index contributed by atoms with van der Waals surface area (Å²) in [6, 6.07) is 11.6.